The summed E-state index contributed by atoms with van der Waals surface area (Å²) in [4.78, 5) is 0. The van der Waals surface area contributed by atoms with Crippen LogP contribution in [-0.2, 0) is 0 Å². The zero-order valence-electron chi connectivity index (χ0n) is 16.8. The zero-order chi connectivity index (χ0) is 18.2. The average Bonchev–Trinajstić information content (AvgIpc) is 2.16. The van der Waals surface area contributed by atoms with Crippen LogP contribution in [0.5, 0.6) is 0 Å². The molecule has 0 radical (unpaired) electrons. The van der Waals surface area contributed by atoms with Crippen molar-refractivity contribution in [1.82, 2.24) is 0 Å². The van der Waals surface area contributed by atoms with Crippen molar-refractivity contribution in [2.45, 2.75) is 78.6 Å². The molecule has 0 unspecified atom stereocenters. The highest BCUT2D eigenvalue weighted by molar-refractivity contribution is 8.36. The molecule has 22 heavy (non-hydrogen) atoms. The van der Waals surface area contributed by atoms with Crippen molar-refractivity contribution in [3.63, 3.8) is 0 Å². The van der Waals surface area contributed by atoms with Crippen molar-refractivity contribution in [3.05, 3.63) is 0 Å². The molecule has 130 valence electrons. The summed E-state index contributed by atoms with van der Waals surface area (Å²) in [6.45, 7) is 30.8. The Morgan fingerprint density at radius 2 is 0.682 bits per heavy atom. The minimum absolute atomic E-state index is 0.309. The van der Waals surface area contributed by atoms with E-state index in [0.29, 0.717) is 0 Å². The van der Waals surface area contributed by atoms with Crippen LogP contribution in [0.25, 0.3) is 0 Å². The molecule has 0 aromatic rings. The molecule has 0 amide bonds. The third kappa shape index (κ3) is 3.09. The minimum atomic E-state index is -1.70. The lowest BCUT2D eigenvalue weighted by molar-refractivity contribution is 1.82. The Hall–Kier alpha value is 2.32. The van der Waals surface area contributed by atoms with Gasteiger partial charge < -0.3 is 0 Å². The summed E-state index contributed by atoms with van der Waals surface area (Å²) < 4.78 is 0. The van der Waals surface area contributed by atoms with Crippen LogP contribution in [0.4, 0.5) is 0 Å². The van der Waals surface area contributed by atoms with E-state index in [1.165, 1.54) is 0 Å². The van der Waals surface area contributed by atoms with E-state index < -0.39 is 42.2 Å². The summed E-state index contributed by atoms with van der Waals surface area (Å²) in [5.74, 6) is -3.41. The third-order valence-corrected chi connectivity index (χ3v) is 211. The van der Waals surface area contributed by atoms with Crippen molar-refractivity contribution in [2.24, 2.45) is 0 Å². The van der Waals surface area contributed by atoms with E-state index in [0.717, 1.165) is 0 Å². The molecule has 1 aliphatic heterocycles. The monoisotopic (exact) mass is 474 g/mol. The van der Waals surface area contributed by atoms with Gasteiger partial charge in [-0.3, -0.25) is 0 Å². The van der Waals surface area contributed by atoms with Gasteiger partial charge in [0.05, 0.1) is 15.2 Å². The average molecular weight is 476 g/mol. The maximum atomic E-state index is 7.92. The first-order chi connectivity index (χ1) is 9.24. The highest BCUT2D eigenvalue weighted by atomic mass is 35.6. The number of rotatable bonds is 4. The van der Waals surface area contributed by atoms with Gasteiger partial charge in [0, 0.05) is 15.2 Å². The highest BCUT2D eigenvalue weighted by Gasteiger charge is 2.78. The fraction of sp³-hybridized carbons (Fsp3) is 1.00. The van der Waals surface area contributed by atoms with Crippen LogP contribution in [0.15, 0.2) is 0 Å². The molecule has 1 rings (SSSR count). The molecule has 0 nitrogen and oxygen atoms in total. The van der Waals surface area contributed by atoms with Crippen molar-refractivity contribution in [1.29, 1.82) is 0 Å². The van der Waals surface area contributed by atoms with Crippen LogP contribution < -0.4 is 0 Å². The molecule has 0 fully saturated rings. The third-order valence-electron chi connectivity index (χ3n) is 4.98. The Kier molecular flexibility index (Phi) is 6.01. The van der Waals surface area contributed by atoms with Gasteiger partial charge in [-0.05, 0) is 13.9 Å². The molecular formula is C12H36Cl2Si8. The Labute approximate surface area is 155 Å². The standard InChI is InChI=1S/C12H36Cl2Si8/c1-17(2,3)15-16(18(4,5)6)22(14,20(10,11)12)21(15,13)19(7,8)9/h1-12H3/t21-,22-/m1/s1. The van der Waals surface area contributed by atoms with Crippen molar-refractivity contribution in [2.75, 3.05) is 0 Å². The van der Waals surface area contributed by atoms with Gasteiger partial charge in [-0.15, -0.1) is 0 Å². The molecule has 0 saturated carbocycles. The number of hydrogen-bond acceptors (Lipinski definition) is 0. The van der Waals surface area contributed by atoms with Gasteiger partial charge in [0.2, 0.25) is 0 Å². The van der Waals surface area contributed by atoms with E-state index in [9.17, 15) is 0 Å². The van der Waals surface area contributed by atoms with E-state index in [-0.39, 0.29) is 13.9 Å². The topological polar surface area (TPSA) is 0 Å². The maximum Gasteiger partial charge on any atom is 0.153 e. The molecule has 2 atom stereocenters. The molecule has 0 saturated heterocycles. The van der Waals surface area contributed by atoms with Crippen molar-refractivity contribution >= 4 is 78.2 Å². The first kappa shape index (κ1) is 22.4. The lowest BCUT2D eigenvalue weighted by Crippen LogP contribution is -3.00. The summed E-state index contributed by atoms with van der Waals surface area (Å²) in [6.07, 6.45) is 0. The predicted octanol–water partition coefficient (Wildman–Crippen LogP) is 5.34. The lowest BCUT2D eigenvalue weighted by atomic mass is 11.8. The van der Waals surface area contributed by atoms with Gasteiger partial charge in [-0.25, -0.2) is 0 Å². The fourth-order valence-corrected chi connectivity index (χ4v) is 431. The van der Waals surface area contributed by atoms with Gasteiger partial charge in [0.25, 0.3) is 0 Å². The lowest BCUT2D eigenvalue weighted by Gasteiger charge is -2.66. The maximum absolute atomic E-state index is 7.92. The Morgan fingerprint density at radius 1 is 0.500 bits per heavy atom. The fourth-order valence-electron chi connectivity index (χ4n) is 4.19. The van der Waals surface area contributed by atoms with Gasteiger partial charge in [0.1, 0.15) is 0 Å². The second-order valence-corrected chi connectivity index (χ2v) is 101. The summed E-state index contributed by atoms with van der Waals surface area (Å²) in [7, 11) is -4.96. The molecule has 0 aliphatic carbocycles. The highest BCUT2D eigenvalue weighted by Crippen LogP contribution is 2.50. The SMILES string of the molecule is C[Si](C)(C)[Si]1=[Si]([Si](C)(C)C)[Si@](Cl)([Si](C)(C)C)[Si@@]1(Cl)[Si](C)(C)C. The van der Waals surface area contributed by atoms with Crippen LogP contribution >= 0.6 is 22.2 Å². The van der Waals surface area contributed by atoms with E-state index in [4.69, 9.17) is 22.2 Å². The Balaban J connectivity index is 3.96. The van der Waals surface area contributed by atoms with E-state index in [1.807, 2.05) is 0 Å². The second kappa shape index (κ2) is 5.91. The summed E-state index contributed by atoms with van der Waals surface area (Å²) >= 11 is 15.8. The number of hydrogen-bond donors (Lipinski definition) is 0. The molecule has 0 spiro atoms. The predicted molar refractivity (Wildman–Crippen MR) is 128 cm³/mol. The molecule has 10 heteroatoms. The molecule has 1 aliphatic rings. The molecule has 0 N–H and O–H groups in total. The van der Waals surface area contributed by atoms with Crippen LogP contribution in [0, 0.1) is 0 Å². The molecular weight excluding hydrogens is 440 g/mol. The van der Waals surface area contributed by atoms with Gasteiger partial charge in [-0.2, -0.15) is 22.2 Å². The van der Waals surface area contributed by atoms with Crippen molar-refractivity contribution < 1.29 is 0 Å². The van der Waals surface area contributed by atoms with Crippen LogP contribution in [-0.4, -0.2) is 56.1 Å². The first-order valence-electron chi connectivity index (χ1n) is 8.38. The van der Waals surface area contributed by atoms with Crippen molar-refractivity contribution in [3.8, 4) is 0 Å². The molecule has 1 heterocycles. The van der Waals surface area contributed by atoms with Crippen LogP contribution in [0.3, 0.4) is 0 Å². The molecule has 0 aromatic heterocycles. The Morgan fingerprint density at radius 3 is 0.773 bits per heavy atom. The van der Waals surface area contributed by atoms with Crippen LogP contribution in [0.2, 0.25) is 78.6 Å². The summed E-state index contributed by atoms with van der Waals surface area (Å²) in [5.41, 5.74) is 0. The van der Waals surface area contributed by atoms with Crippen LogP contribution in [0.1, 0.15) is 0 Å². The summed E-state index contributed by atoms with van der Waals surface area (Å²) in [6, 6.07) is 0. The van der Waals surface area contributed by atoms with Gasteiger partial charge in [0.15, 0.2) is 11.9 Å². The van der Waals surface area contributed by atoms with E-state index in [1.54, 1.807) is 0 Å². The quantitative estimate of drug-likeness (QED) is 0.380. The smallest absolute Gasteiger partial charge is 0.153 e. The molecule has 0 aromatic carbocycles. The normalized spacial score (nSPS) is 31.4. The van der Waals surface area contributed by atoms with Gasteiger partial charge in [-0.1, -0.05) is 78.6 Å². The zero-order valence-corrected chi connectivity index (χ0v) is 26.3. The van der Waals surface area contributed by atoms with E-state index in [2.05, 4.69) is 78.6 Å². The van der Waals surface area contributed by atoms with E-state index >= 15 is 0 Å². The summed E-state index contributed by atoms with van der Waals surface area (Å²) in [5, 5.41) is 0. The first-order valence-corrected chi connectivity index (χ1v) is 39.4. The largest absolute Gasteiger partial charge is 0.173 e. The Bertz CT molecular complexity index is 459. The minimum Gasteiger partial charge on any atom is -0.173 e. The van der Waals surface area contributed by atoms with Gasteiger partial charge >= 0.3 is 0 Å². The second-order valence-electron chi connectivity index (χ2n) is 11.1. The molecule has 0 bridgehead atoms. The number of halogens is 2.